The van der Waals surface area contributed by atoms with Crippen molar-refractivity contribution in [2.45, 2.75) is 24.7 Å². The van der Waals surface area contributed by atoms with Gasteiger partial charge in [-0.25, -0.2) is 12.7 Å². The van der Waals surface area contributed by atoms with E-state index in [0.29, 0.717) is 18.7 Å². The first-order chi connectivity index (χ1) is 9.93. The van der Waals surface area contributed by atoms with Crippen molar-refractivity contribution >= 4 is 15.9 Å². The molecule has 0 saturated heterocycles. The van der Waals surface area contributed by atoms with Crippen molar-refractivity contribution in [3.8, 4) is 0 Å². The van der Waals surface area contributed by atoms with Crippen molar-refractivity contribution in [2.24, 2.45) is 0 Å². The molecule has 0 atom stereocenters. The van der Waals surface area contributed by atoms with Crippen molar-refractivity contribution < 1.29 is 13.2 Å². The summed E-state index contributed by atoms with van der Waals surface area (Å²) in [7, 11) is -1.92. The van der Waals surface area contributed by atoms with Gasteiger partial charge in [-0.3, -0.25) is 4.79 Å². The lowest BCUT2D eigenvalue weighted by Gasteiger charge is -2.16. The molecule has 0 radical (unpaired) electrons. The van der Waals surface area contributed by atoms with Crippen molar-refractivity contribution in [3.63, 3.8) is 0 Å². The quantitative estimate of drug-likeness (QED) is 0.747. The molecule has 1 N–H and O–H groups in total. The molecule has 0 heterocycles. The Morgan fingerprint density at radius 3 is 2.48 bits per heavy atom. The summed E-state index contributed by atoms with van der Waals surface area (Å²) in [5, 5.41) is 2.64. The molecule has 116 valence electrons. The smallest absolute Gasteiger partial charge is 0.251 e. The van der Waals surface area contributed by atoms with Crippen LogP contribution in [0.25, 0.3) is 0 Å². The van der Waals surface area contributed by atoms with Gasteiger partial charge in [-0.1, -0.05) is 19.4 Å². The van der Waals surface area contributed by atoms with Crippen molar-refractivity contribution in [2.75, 3.05) is 20.1 Å². The number of rotatable bonds is 8. The number of nitrogens with zero attached hydrogens (tertiary/aromatic N) is 1. The van der Waals surface area contributed by atoms with Crippen LogP contribution in [-0.4, -0.2) is 38.8 Å². The lowest BCUT2D eigenvalue weighted by molar-refractivity contribution is 0.0958. The Balaban J connectivity index is 2.86. The van der Waals surface area contributed by atoms with Crippen LogP contribution in [0.3, 0.4) is 0 Å². The zero-order chi connectivity index (χ0) is 15.9. The van der Waals surface area contributed by atoms with Gasteiger partial charge in [0.15, 0.2) is 0 Å². The molecule has 6 heteroatoms. The predicted molar refractivity (Wildman–Crippen MR) is 83.7 cm³/mol. The highest BCUT2D eigenvalue weighted by molar-refractivity contribution is 7.89. The van der Waals surface area contributed by atoms with Crippen LogP contribution >= 0.6 is 0 Å². The minimum atomic E-state index is -3.49. The van der Waals surface area contributed by atoms with Crippen LogP contribution in [0.4, 0.5) is 0 Å². The molecule has 1 aromatic carbocycles. The molecule has 0 aromatic heterocycles. The van der Waals surface area contributed by atoms with Gasteiger partial charge in [0.05, 0.1) is 4.90 Å². The Bertz CT molecular complexity index is 579. The normalized spacial score (nSPS) is 11.4. The van der Waals surface area contributed by atoms with E-state index in [2.05, 4.69) is 11.9 Å². The Labute approximate surface area is 126 Å². The molecule has 0 saturated carbocycles. The minimum Gasteiger partial charge on any atom is -0.349 e. The second-order valence-corrected chi connectivity index (χ2v) is 6.75. The van der Waals surface area contributed by atoms with E-state index >= 15 is 0 Å². The first-order valence-corrected chi connectivity index (χ1v) is 8.33. The average molecular weight is 310 g/mol. The third kappa shape index (κ3) is 4.68. The maximum Gasteiger partial charge on any atom is 0.251 e. The molecule has 0 aliphatic carbocycles. The Morgan fingerprint density at radius 1 is 1.33 bits per heavy atom. The second kappa shape index (κ2) is 7.95. The molecular weight excluding hydrogens is 288 g/mol. The van der Waals surface area contributed by atoms with Crippen molar-refractivity contribution in [1.82, 2.24) is 9.62 Å². The number of benzene rings is 1. The minimum absolute atomic E-state index is 0.196. The fraction of sp³-hybridized carbons (Fsp3) is 0.400. The van der Waals surface area contributed by atoms with Crippen molar-refractivity contribution in [3.05, 3.63) is 42.5 Å². The third-order valence-electron chi connectivity index (χ3n) is 3.06. The summed E-state index contributed by atoms with van der Waals surface area (Å²) in [4.78, 5) is 11.9. The largest absolute Gasteiger partial charge is 0.349 e. The van der Waals surface area contributed by atoms with Crippen LogP contribution in [0.5, 0.6) is 0 Å². The van der Waals surface area contributed by atoms with E-state index in [0.717, 1.165) is 12.8 Å². The number of carbonyl (C=O) groups is 1. The first-order valence-electron chi connectivity index (χ1n) is 6.89. The van der Waals surface area contributed by atoms with E-state index in [1.54, 1.807) is 13.1 Å². The van der Waals surface area contributed by atoms with Crippen LogP contribution < -0.4 is 5.32 Å². The predicted octanol–water partition coefficient (Wildman–Crippen LogP) is 2.02. The lowest BCUT2D eigenvalue weighted by Crippen LogP contribution is -2.28. The molecule has 21 heavy (non-hydrogen) atoms. The number of unbranched alkanes of at least 4 members (excludes halogenated alkanes) is 1. The Morgan fingerprint density at radius 2 is 1.95 bits per heavy atom. The van der Waals surface area contributed by atoms with Crippen LogP contribution in [-0.2, 0) is 10.0 Å². The van der Waals surface area contributed by atoms with Gasteiger partial charge in [-0.2, -0.15) is 0 Å². The van der Waals surface area contributed by atoms with Gasteiger partial charge >= 0.3 is 0 Å². The van der Waals surface area contributed by atoms with Gasteiger partial charge in [-0.15, -0.1) is 6.58 Å². The SMILES string of the molecule is C=CCNC(=O)c1ccc(S(=O)(=O)N(C)CCCC)cc1. The number of sulfonamides is 1. The van der Waals surface area contributed by atoms with Gasteiger partial charge in [-0.05, 0) is 30.7 Å². The zero-order valence-electron chi connectivity index (χ0n) is 12.5. The molecule has 1 amide bonds. The fourth-order valence-electron chi connectivity index (χ4n) is 1.73. The molecular formula is C15H22N2O3S. The summed E-state index contributed by atoms with van der Waals surface area (Å²) >= 11 is 0. The van der Waals surface area contributed by atoms with E-state index in [1.807, 2.05) is 6.92 Å². The topological polar surface area (TPSA) is 66.5 Å². The van der Waals surface area contributed by atoms with Crippen LogP contribution in [0.15, 0.2) is 41.8 Å². The highest BCUT2D eigenvalue weighted by Gasteiger charge is 2.20. The van der Waals surface area contributed by atoms with Gasteiger partial charge in [0.25, 0.3) is 5.91 Å². The summed E-state index contributed by atoms with van der Waals surface area (Å²) in [6.07, 6.45) is 3.33. The number of amides is 1. The average Bonchev–Trinajstić information content (AvgIpc) is 2.50. The number of carbonyl (C=O) groups excluding carboxylic acids is 1. The molecule has 1 aromatic rings. The molecule has 0 aliphatic rings. The summed E-state index contributed by atoms with van der Waals surface area (Å²) in [6, 6.07) is 5.94. The maximum absolute atomic E-state index is 12.3. The van der Waals surface area contributed by atoms with Gasteiger partial charge < -0.3 is 5.32 Å². The highest BCUT2D eigenvalue weighted by Crippen LogP contribution is 2.15. The van der Waals surface area contributed by atoms with E-state index < -0.39 is 10.0 Å². The first kappa shape index (κ1) is 17.4. The summed E-state index contributed by atoms with van der Waals surface area (Å²) in [6.45, 7) is 6.39. The van der Waals surface area contributed by atoms with E-state index in [9.17, 15) is 13.2 Å². The van der Waals surface area contributed by atoms with Gasteiger partial charge in [0.2, 0.25) is 10.0 Å². The van der Waals surface area contributed by atoms with Crippen molar-refractivity contribution in [1.29, 1.82) is 0 Å². The summed E-state index contributed by atoms with van der Waals surface area (Å²) < 4.78 is 25.9. The molecule has 0 spiro atoms. The molecule has 5 nitrogen and oxygen atoms in total. The van der Waals surface area contributed by atoms with Gasteiger partial charge in [0.1, 0.15) is 0 Å². The highest BCUT2D eigenvalue weighted by atomic mass is 32.2. The number of nitrogens with one attached hydrogen (secondary N) is 1. The molecule has 0 unspecified atom stereocenters. The van der Waals surface area contributed by atoms with E-state index in [4.69, 9.17) is 0 Å². The van der Waals surface area contributed by atoms with Gasteiger partial charge in [0, 0.05) is 25.7 Å². The summed E-state index contributed by atoms with van der Waals surface area (Å²) in [5.74, 6) is -0.252. The van der Waals surface area contributed by atoms with Crippen LogP contribution in [0.2, 0.25) is 0 Å². The molecule has 0 bridgehead atoms. The number of hydrogen-bond acceptors (Lipinski definition) is 3. The fourth-order valence-corrected chi connectivity index (χ4v) is 2.94. The summed E-state index contributed by atoms with van der Waals surface area (Å²) in [5.41, 5.74) is 0.423. The standard InChI is InChI=1S/C15H22N2O3S/c1-4-6-12-17(3)21(19,20)14-9-7-13(8-10-14)15(18)16-11-5-2/h5,7-10H,2,4,6,11-12H2,1,3H3,(H,16,18). The van der Waals surface area contributed by atoms with Crippen LogP contribution in [0.1, 0.15) is 30.1 Å². The molecule has 1 rings (SSSR count). The third-order valence-corrected chi connectivity index (χ3v) is 4.93. The van der Waals surface area contributed by atoms with Crippen LogP contribution in [0, 0.1) is 0 Å². The molecule has 0 fully saturated rings. The van der Waals surface area contributed by atoms with E-state index in [1.165, 1.54) is 28.6 Å². The second-order valence-electron chi connectivity index (χ2n) is 4.70. The Hall–Kier alpha value is -1.66. The Kier molecular flexibility index (Phi) is 6.58. The monoisotopic (exact) mass is 310 g/mol. The molecule has 0 aliphatic heterocycles. The zero-order valence-corrected chi connectivity index (χ0v) is 13.3. The van der Waals surface area contributed by atoms with E-state index in [-0.39, 0.29) is 10.8 Å². The number of hydrogen-bond donors (Lipinski definition) is 1. The maximum atomic E-state index is 12.3. The lowest BCUT2D eigenvalue weighted by atomic mass is 10.2.